The highest BCUT2D eigenvalue weighted by atomic mass is 16.5. The van der Waals surface area contributed by atoms with E-state index >= 15 is 0 Å². The molecule has 4 heteroatoms. The number of methoxy groups -OCH3 is 1. The smallest absolute Gasteiger partial charge is 0.137 e. The summed E-state index contributed by atoms with van der Waals surface area (Å²) >= 11 is 0. The van der Waals surface area contributed by atoms with Crippen LogP contribution in [0.2, 0.25) is 0 Å². The van der Waals surface area contributed by atoms with E-state index in [2.05, 4.69) is 33.0 Å². The molecule has 0 aliphatic rings. The fraction of sp³-hybridized carbons (Fsp3) is 0.176. The van der Waals surface area contributed by atoms with Crippen molar-refractivity contribution in [1.82, 2.24) is 14.8 Å². The van der Waals surface area contributed by atoms with E-state index in [0.717, 1.165) is 24.5 Å². The number of ether oxygens (including phenoxy) is 1. The van der Waals surface area contributed by atoms with Crippen LogP contribution in [0.3, 0.4) is 0 Å². The molecule has 0 aliphatic heterocycles. The maximum absolute atomic E-state index is 5.26. The van der Waals surface area contributed by atoms with Crippen molar-refractivity contribution >= 4 is 0 Å². The number of hydrogen-bond acceptors (Lipinski definition) is 3. The van der Waals surface area contributed by atoms with Crippen molar-refractivity contribution < 1.29 is 4.74 Å². The molecule has 0 aliphatic carbocycles. The average molecular weight is 279 g/mol. The van der Waals surface area contributed by atoms with Gasteiger partial charge < -0.3 is 9.30 Å². The van der Waals surface area contributed by atoms with Crippen LogP contribution in [0.15, 0.2) is 60.9 Å². The number of benzene rings is 2. The molecule has 1 aromatic heterocycles. The van der Waals surface area contributed by atoms with E-state index in [1.807, 2.05) is 36.4 Å². The average Bonchev–Trinajstić information content (AvgIpc) is 2.95. The monoisotopic (exact) mass is 279 g/mol. The Kier molecular flexibility index (Phi) is 3.96. The van der Waals surface area contributed by atoms with Gasteiger partial charge in [0, 0.05) is 6.42 Å². The van der Waals surface area contributed by atoms with E-state index in [1.54, 1.807) is 13.4 Å². The summed E-state index contributed by atoms with van der Waals surface area (Å²) in [6.07, 6.45) is 2.56. The minimum absolute atomic E-state index is 0.742. The molecule has 0 bridgehead atoms. The van der Waals surface area contributed by atoms with Gasteiger partial charge in [0.2, 0.25) is 0 Å². The van der Waals surface area contributed by atoms with Crippen molar-refractivity contribution in [2.75, 3.05) is 7.11 Å². The maximum atomic E-state index is 5.26. The van der Waals surface area contributed by atoms with Gasteiger partial charge in [-0.1, -0.05) is 42.5 Å². The van der Waals surface area contributed by atoms with Crippen LogP contribution in [-0.2, 0) is 13.0 Å². The number of nitrogens with zero attached hydrogens (tertiary/aromatic N) is 3. The summed E-state index contributed by atoms with van der Waals surface area (Å²) in [5, 5.41) is 8.27. The Morgan fingerprint density at radius 2 is 1.81 bits per heavy atom. The lowest BCUT2D eigenvalue weighted by Crippen LogP contribution is -2.05. The standard InChI is InChI=1S/C17H17N3O/c1-21-16-9-5-8-15(10-16)12-20-13-18-19-17(20)11-14-6-3-2-4-7-14/h2-10,13H,11-12H2,1H3. The van der Waals surface area contributed by atoms with E-state index in [-0.39, 0.29) is 0 Å². The maximum Gasteiger partial charge on any atom is 0.137 e. The van der Waals surface area contributed by atoms with Crippen molar-refractivity contribution in [2.24, 2.45) is 0 Å². The van der Waals surface area contributed by atoms with Gasteiger partial charge in [0.05, 0.1) is 13.7 Å². The summed E-state index contributed by atoms with van der Waals surface area (Å²) in [7, 11) is 1.68. The van der Waals surface area contributed by atoms with Crippen molar-refractivity contribution in [1.29, 1.82) is 0 Å². The van der Waals surface area contributed by atoms with Crippen LogP contribution in [-0.4, -0.2) is 21.9 Å². The summed E-state index contributed by atoms with van der Waals surface area (Å²) in [6, 6.07) is 18.4. The van der Waals surface area contributed by atoms with E-state index < -0.39 is 0 Å². The predicted molar refractivity (Wildman–Crippen MR) is 81.4 cm³/mol. The molecule has 0 radical (unpaired) electrons. The van der Waals surface area contributed by atoms with Gasteiger partial charge in [-0.25, -0.2) is 0 Å². The first-order valence-electron chi connectivity index (χ1n) is 6.88. The van der Waals surface area contributed by atoms with Gasteiger partial charge in [-0.2, -0.15) is 0 Å². The second-order valence-corrected chi connectivity index (χ2v) is 4.89. The van der Waals surface area contributed by atoms with Gasteiger partial charge >= 0.3 is 0 Å². The van der Waals surface area contributed by atoms with Crippen LogP contribution in [0.5, 0.6) is 5.75 Å². The second kappa shape index (κ2) is 6.22. The van der Waals surface area contributed by atoms with Crippen molar-refractivity contribution in [2.45, 2.75) is 13.0 Å². The second-order valence-electron chi connectivity index (χ2n) is 4.89. The zero-order valence-electron chi connectivity index (χ0n) is 11.9. The normalized spacial score (nSPS) is 10.5. The van der Waals surface area contributed by atoms with Crippen LogP contribution in [0.25, 0.3) is 0 Å². The Morgan fingerprint density at radius 1 is 1.00 bits per heavy atom. The highest BCUT2D eigenvalue weighted by Gasteiger charge is 2.06. The molecule has 0 N–H and O–H groups in total. The van der Waals surface area contributed by atoms with Gasteiger partial charge in [-0.15, -0.1) is 10.2 Å². The van der Waals surface area contributed by atoms with Crippen LogP contribution >= 0.6 is 0 Å². The molecule has 0 atom stereocenters. The minimum atomic E-state index is 0.742. The van der Waals surface area contributed by atoms with Crippen molar-refractivity contribution in [3.8, 4) is 5.75 Å². The first kappa shape index (κ1) is 13.4. The van der Waals surface area contributed by atoms with E-state index in [9.17, 15) is 0 Å². The first-order chi connectivity index (χ1) is 10.3. The van der Waals surface area contributed by atoms with Gasteiger partial charge in [-0.3, -0.25) is 0 Å². The number of hydrogen-bond donors (Lipinski definition) is 0. The van der Waals surface area contributed by atoms with E-state index in [0.29, 0.717) is 0 Å². The van der Waals surface area contributed by atoms with Crippen molar-refractivity contribution in [3.63, 3.8) is 0 Å². The summed E-state index contributed by atoms with van der Waals surface area (Å²) < 4.78 is 7.33. The SMILES string of the molecule is COc1cccc(Cn2cnnc2Cc2ccccc2)c1. The summed E-state index contributed by atoms with van der Waals surface area (Å²) in [5.74, 6) is 1.83. The van der Waals surface area contributed by atoms with Crippen LogP contribution in [0.1, 0.15) is 17.0 Å². The molecule has 0 saturated carbocycles. The molecule has 0 saturated heterocycles. The quantitative estimate of drug-likeness (QED) is 0.721. The van der Waals surface area contributed by atoms with Crippen LogP contribution in [0.4, 0.5) is 0 Å². The molecule has 0 amide bonds. The molecular formula is C17H17N3O. The largest absolute Gasteiger partial charge is 0.497 e. The summed E-state index contributed by atoms with van der Waals surface area (Å²) in [6.45, 7) is 0.742. The number of aromatic nitrogens is 3. The van der Waals surface area contributed by atoms with Crippen molar-refractivity contribution in [3.05, 3.63) is 77.9 Å². The van der Waals surface area contributed by atoms with E-state index in [4.69, 9.17) is 4.74 Å². The molecule has 0 fully saturated rings. The Labute approximate surface area is 124 Å². The molecule has 3 aromatic rings. The molecular weight excluding hydrogens is 262 g/mol. The fourth-order valence-electron chi connectivity index (χ4n) is 2.29. The third-order valence-corrected chi connectivity index (χ3v) is 3.39. The zero-order valence-corrected chi connectivity index (χ0v) is 11.9. The molecule has 21 heavy (non-hydrogen) atoms. The topological polar surface area (TPSA) is 39.9 Å². The number of rotatable bonds is 5. The summed E-state index contributed by atoms with van der Waals surface area (Å²) in [4.78, 5) is 0. The lowest BCUT2D eigenvalue weighted by atomic mass is 10.1. The molecule has 106 valence electrons. The van der Waals surface area contributed by atoms with Gasteiger partial charge in [0.15, 0.2) is 0 Å². The minimum Gasteiger partial charge on any atom is -0.497 e. The van der Waals surface area contributed by atoms with Crippen LogP contribution in [0, 0.1) is 0 Å². The Bertz CT molecular complexity index is 707. The zero-order chi connectivity index (χ0) is 14.5. The van der Waals surface area contributed by atoms with Gasteiger partial charge in [0.1, 0.15) is 17.9 Å². The van der Waals surface area contributed by atoms with Gasteiger partial charge in [0.25, 0.3) is 0 Å². The lowest BCUT2D eigenvalue weighted by Gasteiger charge is -2.08. The third-order valence-electron chi connectivity index (χ3n) is 3.39. The lowest BCUT2D eigenvalue weighted by molar-refractivity contribution is 0.414. The van der Waals surface area contributed by atoms with E-state index in [1.165, 1.54) is 11.1 Å². The highest BCUT2D eigenvalue weighted by Crippen LogP contribution is 2.15. The molecule has 2 aromatic carbocycles. The molecule has 1 heterocycles. The molecule has 4 nitrogen and oxygen atoms in total. The predicted octanol–water partition coefficient (Wildman–Crippen LogP) is 2.93. The molecule has 0 unspecified atom stereocenters. The first-order valence-corrected chi connectivity index (χ1v) is 6.88. The third kappa shape index (κ3) is 3.28. The Morgan fingerprint density at radius 3 is 2.62 bits per heavy atom. The fourth-order valence-corrected chi connectivity index (χ4v) is 2.29. The van der Waals surface area contributed by atoms with Crippen LogP contribution < -0.4 is 4.74 Å². The molecule has 0 spiro atoms. The van der Waals surface area contributed by atoms with Gasteiger partial charge in [-0.05, 0) is 23.3 Å². The Balaban J connectivity index is 1.79. The highest BCUT2D eigenvalue weighted by molar-refractivity contribution is 5.29. The Hall–Kier alpha value is -2.62. The summed E-state index contributed by atoms with van der Waals surface area (Å²) in [5.41, 5.74) is 2.40. The molecule has 3 rings (SSSR count).